The number of aryl methyl sites for hydroxylation is 2. The predicted molar refractivity (Wildman–Crippen MR) is 75.7 cm³/mol. The molecule has 1 heterocycles. The van der Waals surface area contributed by atoms with Gasteiger partial charge in [-0.2, -0.15) is 5.26 Å². The highest BCUT2D eigenvalue weighted by Crippen LogP contribution is 2.26. The first-order valence-corrected chi connectivity index (χ1v) is 6.28. The monoisotopic (exact) mass is 268 g/mol. The van der Waals surface area contributed by atoms with Crippen molar-refractivity contribution in [3.05, 3.63) is 52.7 Å². The molecule has 1 aromatic carbocycles. The average molecular weight is 268 g/mol. The van der Waals surface area contributed by atoms with Gasteiger partial charge in [-0.25, -0.2) is 4.98 Å². The SMILES string of the molecule is COCc1cccc(Oc2nc(C)cc(C)c2C#N)c1. The molecule has 0 aliphatic heterocycles. The molecule has 4 heteroatoms. The minimum Gasteiger partial charge on any atom is -0.438 e. The van der Waals surface area contributed by atoms with Gasteiger partial charge in [-0.1, -0.05) is 12.1 Å². The summed E-state index contributed by atoms with van der Waals surface area (Å²) in [5, 5.41) is 9.22. The average Bonchev–Trinajstić information content (AvgIpc) is 2.39. The Bertz CT molecular complexity index is 660. The van der Waals surface area contributed by atoms with Crippen molar-refractivity contribution in [1.29, 1.82) is 5.26 Å². The summed E-state index contributed by atoms with van der Waals surface area (Å²) in [6, 6.07) is 11.6. The lowest BCUT2D eigenvalue weighted by molar-refractivity contribution is 0.184. The van der Waals surface area contributed by atoms with Crippen LogP contribution in [0.25, 0.3) is 0 Å². The standard InChI is InChI=1S/C16H16N2O2/c1-11-7-12(2)18-16(15(11)9-17)20-14-6-4-5-13(8-14)10-19-3/h4-8H,10H2,1-3H3. The molecule has 0 N–H and O–H groups in total. The highest BCUT2D eigenvalue weighted by molar-refractivity contribution is 5.47. The van der Waals surface area contributed by atoms with Crippen molar-refractivity contribution in [2.45, 2.75) is 20.5 Å². The number of hydrogen-bond acceptors (Lipinski definition) is 4. The Labute approximate surface area is 118 Å². The fourth-order valence-electron chi connectivity index (χ4n) is 1.99. The summed E-state index contributed by atoms with van der Waals surface area (Å²) in [4.78, 5) is 4.30. The van der Waals surface area contributed by atoms with Crippen LogP contribution < -0.4 is 4.74 Å². The second-order valence-electron chi connectivity index (χ2n) is 4.55. The van der Waals surface area contributed by atoms with E-state index in [1.165, 1.54) is 0 Å². The van der Waals surface area contributed by atoms with Crippen molar-refractivity contribution in [3.63, 3.8) is 0 Å². The highest BCUT2D eigenvalue weighted by atomic mass is 16.5. The van der Waals surface area contributed by atoms with Gasteiger partial charge in [0.15, 0.2) is 0 Å². The molecule has 0 bridgehead atoms. The van der Waals surface area contributed by atoms with Gasteiger partial charge < -0.3 is 9.47 Å². The maximum absolute atomic E-state index is 9.22. The first-order valence-electron chi connectivity index (χ1n) is 6.28. The number of rotatable bonds is 4. The molecule has 102 valence electrons. The summed E-state index contributed by atoms with van der Waals surface area (Å²) in [7, 11) is 1.65. The number of ether oxygens (including phenoxy) is 2. The fraction of sp³-hybridized carbons (Fsp3) is 0.250. The van der Waals surface area contributed by atoms with Gasteiger partial charge in [0.25, 0.3) is 0 Å². The van der Waals surface area contributed by atoms with E-state index in [4.69, 9.17) is 9.47 Å². The second-order valence-corrected chi connectivity index (χ2v) is 4.55. The van der Waals surface area contributed by atoms with Crippen LogP contribution >= 0.6 is 0 Å². The van der Waals surface area contributed by atoms with Gasteiger partial charge in [0.1, 0.15) is 17.4 Å². The molecule has 0 aliphatic carbocycles. The van der Waals surface area contributed by atoms with Crippen molar-refractivity contribution < 1.29 is 9.47 Å². The van der Waals surface area contributed by atoms with Crippen molar-refractivity contribution >= 4 is 0 Å². The molecule has 2 rings (SSSR count). The van der Waals surface area contributed by atoms with E-state index in [0.29, 0.717) is 23.8 Å². The normalized spacial score (nSPS) is 10.1. The van der Waals surface area contributed by atoms with Crippen LogP contribution in [-0.4, -0.2) is 12.1 Å². The van der Waals surface area contributed by atoms with Gasteiger partial charge >= 0.3 is 0 Å². The molecule has 0 unspecified atom stereocenters. The fourth-order valence-corrected chi connectivity index (χ4v) is 1.99. The molecule has 0 radical (unpaired) electrons. The molecule has 4 nitrogen and oxygen atoms in total. The zero-order valence-electron chi connectivity index (χ0n) is 11.8. The molecule has 20 heavy (non-hydrogen) atoms. The molecular formula is C16H16N2O2. The minimum atomic E-state index is 0.347. The predicted octanol–water partition coefficient (Wildman–Crippen LogP) is 3.51. The summed E-state index contributed by atoms with van der Waals surface area (Å²) in [5.41, 5.74) is 3.16. The topological polar surface area (TPSA) is 55.1 Å². The van der Waals surface area contributed by atoms with Crippen LogP contribution in [-0.2, 0) is 11.3 Å². The summed E-state index contributed by atoms with van der Waals surface area (Å²) in [6.07, 6.45) is 0. The van der Waals surface area contributed by atoms with E-state index in [9.17, 15) is 5.26 Å². The molecule has 0 spiro atoms. The minimum absolute atomic E-state index is 0.347. The van der Waals surface area contributed by atoms with E-state index in [-0.39, 0.29) is 0 Å². The Morgan fingerprint density at radius 3 is 2.75 bits per heavy atom. The zero-order valence-corrected chi connectivity index (χ0v) is 11.8. The quantitative estimate of drug-likeness (QED) is 0.851. The molecule has 0 amide bonds. The third-order valence-electron chi connectivity index (χ3n) is 2.85. The zero-order chi connectivity index (χ0) is 14.5. The van der Waals surface area contributed by atoms with Gasteiger partial charge in [0.2, 0.25) is 5.88 Å². The van der Waals surface area contributed by atoms with Crippen LogP contribution in [0.5, 0.6) is 11.6 Å². The Morgan fingerprint density at radius 1 is 1.25 bits per heavy atom. The number of nitrogens with zero attached hydrogens (tertiary/aromatic N) is 2. The van der Waals surface area contributed by atoms with Crippen molar-refractivity contribution in [2.24, 2.45) is 0 Å². The van der Waals surface area contributed by atoms with Crippen molar-refractivity contribution in [2.75, 3.05) is 7.11 Å². The maximum Gasteiger partial charge on any atom is 0.237 e. The summed E-state index contributed by atoms with van der Waals surface area (Å²) in [5.74, 6) is 0.994. The molecule has 0 aliphatic rings. The summed E-state index contributed by atoms with van der Waals surface area (Å²) in [6.45, 7) is 4.27. The Hall–Kier alpha value is -2.38. The van der Waals surface area contributed by atoms with E-state index in [1.54, 1.807) is 7.11 Å². The lowest BCUT2D eigenvalue weighted by Gasteiger charge is -2.10. The smallest absolute Gasteiger partial charge is 0.237 e. The van der Waals surface area contributed by atoms with Gasteiger partial charge in [0, 0.05) is 12.8 Å². The largest absolute Gasteiger partial charge is 0.438 e. The number of nitriles is 1. The molecular weight excluding hydrogens is 252 g/mol. The van der Waals surface area contributed by atoms with Crippen molar-refractivity contribution in [3.8, 4) is 17.7 Å². The third kappa shape index (κ3) is 3.14. The first kappa shape index (κ1) is 14.0. The van der Waals surface area contributed by atoms with E-state index < -0.39 is 0 Å². The summed E-state index contributed by atoms with van der Waals surface area (Å²) >= 11 is 0. The van der Waals surface area contributed by atoms with Crippen LogP contribution in [0.3, 0.4) is 0 Å². The van der Waals surface area contributed by atoms with Gasteiger partial charge in [-0.05, 0) is 43.2 Å². The molecule has 0 saturated carbocycles. The maximum atomic E-state index is 9.22. The lowest BCUT2D eigenvalue weighted by atomic mass is 10.1. The number of aromatic nitrogens is 1. The number of methoxy groups -OCH3 is 1. The first-order chi connectivity index (χ1) is 9.63. The van der Waals surface area contributed by atoms with Gasteiger partial charge in [-0.15, -0.1) is 0 Å². The van der Waals surface area contributed by atoms with Crippen LogP contribution in [0.1, 0.15) is 22.4 Å². The summed E-state index contributed by atoms with van der Waals surface area (Å²) < 4.78 is 10.9. The van der Waals surface area contributed by atoms with Crippen LogP contribution in [0.4, 0.5) is 0 Å². The van der Waals surface area contributed by atoms with Crippen LogP contribution in [0.15, 0.2) is 30.3 Å². The van der Waals surface area contributed by atoms with Gasteiger partial charge in [-0.3, -0.25) is 0 Å². The third-order valence-corrected chi connectivity index (χ3v) is 2.85. The van der Waals surface area contributed by atoms with E-state index >= 15 is 0 Å². The highest BCUT2D eigenvalue weighted by Gasteiger charge is 2.11. The van der Waals surface area contributed by atoms with Crippen molar-refractivity contribution in [1.82, 2.24) is 4.98 Å². The Morgan fingerprint density at radius 2 is 2.05 bits per heavy atom. The number of pyridine rings is 1. The molecule has 0 saturated heterocycles. The Kier molecular flexibility index (Phi) is 4.34. The number of hydrogen-bond donors (Lipinski definition) is 0. The molecule has 0 fully saturated rings. The lowest BCUT2D eigenvalue weighted by Crippen LogP contribution is -1.97. The molecule has 2 aromatic rings. The van der Waals surface area contributed by atoms with E-state index in [1.807, 2.05) is 44.2 Å². The van der Waals surface area contributed by atoms with Crippen LogP contribution in [0, 0.1) is 25.2 Å². The van der Waals surface area contributed by atoms with E-state index in [2.05, 4.69) is 11.1 Å². The van der Waals surface area contributed by atoms with Gasteiger partial charge in [0.05, 0.1) is 6.61 Å². The second kappa shape index (κ2) is 6.18. The molecule has 0 atom stereocenters. The van der Waals surface area contributed by atoms with Crippen LogP contribution in [0.2, 0.25) is 0 Å². The Balaban J connectivity index is 2.35. The van der Waals surface area contributed by atoms with E-state index in [0.717, 1.165) is 16.8 Å². The number of benzene rings is 1. The molecule has 1 aromatic heterocycles.